The number of rotatable bonds is 82. The zero-order valence-electron chi connectivity index (χ0n) is 66.9. The maximum Gasteiger partial charge on any atom is 0.472 e. The minimum Gasteiger partial charge on any atom is -0.462 e. The molecule has 17 nitrogen and oxygen atoms in total. The second-order valence-electron chi connectivity index (χ2n) is 30.6. The van der Waals surface area contributed by atoms with E-state index in [-0.39, 0.29) is 25.7 Å². The van der Waals surface area contributed by atoms with E-state index in [1.165, 1.54) is 257 Å². The van der Waals surface area contributed by atoms with Gasteiger partial charge in [-0.3, -0.25) is 37.3 Å². The van der Waals surface area contributed by atoms with Gasteiger partial charge in [0.1, 0.15) is 19.3 Å². The molecule has 3 unspecified atom stereocenters. The lowest BCUT2D eigenvalue weighted by Crippen LogP contribution is -2.30. The number of carbonyl (C=O) groups excluding carboxylic acids is 4. The Morgan fingerprint density at radius 1 is 0.284 bits per heavy atom. The molecule has 0 aliphatic heterocycles. The highest BCUT2D eigenvalue weighted by atomic mass is 31.2. The van der Waals surface area contributed by atoms with Gasteiger partial charge in [0.05, 0.1) is 26.4 Å². The van der Waals surface area contributed by atoms with E-state index in [1.54, 1.807) is 0 Å². The first kappa shape index (κ1) is 100. The summed E-state index contributed by atoms with van der Waals surface area (Å²) >= 11 is 0. The SMILES string of the molecule is CCCCCCCCCCCCCCCCCCCCCC(=O)O[C@H](COC(=O)CCCCCCCCCCCCCCCCC(C)CC)COP(=O)(O)OC[C@@H](O)COP(=O)(O)OC[C@@H](COC(=O)CCCCCCCCCCC(C)C)OC(=O)CCCCCCCCCCCCCCCC. The van der Waals surface area contributed by atoms with Gasteiger partial charge in [0.2, 0.25) is 0 Å². The van der Waals surface area contributed by atoms with Crippen LogP contribution in [0.3, 0.4) is 0 Å². The van der Waals surface area contributed by atoms with Crippen LogP contribution < -0.4 is 0 Å². The summed E-state index contributed by atoms with van der Waals surface area (Å²) in [7, 11) is -9.92. The topological polar surface area (TPSA) is 237 Å². The quantitative estimate of drug-likeness (QED) is 0.0222. The number of phosphoric ester groups is 2. The molecule has 606 valence electrons. The summed E-state index contributed by atoms with van der Waals surface area (Å²) in [6, 6.07) is 0. The van der Waals surface area contributed by atoms with Crippen molar-refractivity contribution >= 4 is 39.5 Å². The minimum absolute atomic E-state index is 0.108. The van der Waals surface area contributed by atoms with Crippen molar-refractivity contribution in [2.24, 2.45) is 11.8 Å². The van der Waals surface area contributed by atoms with Crippen molar-refractivity contribution in [2.75, 3.05) is 39.6 Å². The van der Waals surface area contributed by atoms with Crippen molar-refractivity contribution < 1.29 is 80.2 Å². The fourth-order valence-corrected chi connectivity index (χ4v) is 14.4. The summed E-state index contributed by atoms with van der Waals surface area (Å²) in [6.07, 6.45) is 65.1. The fraction of sp³-hybridized carbons (Fsp3) is 0.952. The molecule has 0 fully saturated rings. The predicted molar refractivity (Wildman–Crippen MR) is 418 cm³/mol. The molecule has 0 aromatic rings. The molecule has 0 saturated heterocycles. The molecule has 0 amide bonds. The van der Waals surface area contributed by atoms with E-state index < -0.39 is 97.5 Å². The molecule has 6 atom stereocenters. The molecule has 0 aliphatic rings. The Kier molecular flexibility index (Phi) is 73.1. The lowest BCUT2D eigenvalue weighted by atomic mass is 9.99. The van der Waals surface area contributed by atoms with E-state index >= 15 is 0 Å². The molecule has 19 heteroatoms. The minimum atomic E-state index is -4.96. The summed E-state index contributed by atoms with van der Waals surface area (Å²) in [5.41, 5.74) is 0. The molecule has 0 heterocycles. The van der Waals surface area contributed by atoms with Crippen LogP contribution in [-0.4, -0.2) is 96.7 Å². The summed E-state index contributed by atoms with van der Waals surface area (Å²) in [5, 5.41) is 10.7. The Labute approximate surface area is 626 Å². The molecule has 0 bridgehead atoms. The largest absolute Gasteiger partial charge is 0.472 e. The Bertz CT molecular complexity index is 1960. The van der Waals surface area contributed by atoms with Crippen molar-refractivity contribution in [1.29, 1.82) is 0 Å². The number of aliphatic hydroxyl groups excluding tert-OH is 1. The lowest BCUT2D eigenvalue weighted by molar-refractivity contribution is -0.161. The van der Waals surface area contributed by atoms with Gasteiger partial charge in [-0.15, -0.1) is 0 Å². The van der Waals surface area contributed by atoms with Crippen LogP contribution in [0, 0.1) is 11.8 Å². The van der Waals surface area contributed by atoms with Gasteiger partial charge >= 0.3 is 39.5 Å². The van der Waals surface area contributed by atoms with Crippen molar-refractivity contribution in [2.45, 2.75) is 458 Å². The third-order valence-corrected chi connectivity index (χ3v) is 21.7. The summed E-state index contributed by atoms with van der Waals surface area (Å²) in [4.78, 5) is 73.1. The van der Waals surface area contributed by atoms with Crippen LogP contribution in [0.1, 0.15) is 440 Å². The number of carbonyl (C=O) groups is 4. The molecule has 0 saturated carbocycles. The van der Waals surface area contributed by atoms with Crippen LogP contribution in [0.4, 0.5) is 0 Å². The molecule has 3 N–H and O–H groups in total. The Hall–Kier alpha value is -1.94. The van der Waals surface area contributed by atoms with Crippen molar-refractivity contribution in [3.63, 3.8) is 0 Å². The summed E-state index contributed by atoms with van der Waals surface area (Å²) < 4.78 is 68.8. The standard InChI is InChI=1S/C83H162O17P2/c1-7-10-12-14-16-18-20-22-24-25-26-27-28-34-38-42-50-56-62-68-83(88)99-78(71-93-80(85)65-59-53-47-40-36-33-30-29-31-35-39-46-52-58-64-76(6)9-3)73-97-101(89,90)95-69-77(84)70-96-102(91,92)98-74-79(72-94-81(86)66-60-54-48-44-43-45-51-57-63-75(4)5)100-82(87)67-61-55-49-41-37-32-23-21-19-17-15-13-11-8-2/h75-79,84H,7-74H2,1-6H3,(H,89,90)(H,91,92)/t76?,77-,78-,79-/m1/s1. The number of ether oxygens (including phenoxy) is 4. The van der Waals surface area contributed by atoms with E-state index in [1.807, 2.05) is 0 Å². The van der Waals surface area contributed by atoms with Gasteiger partial charge in [0, 0.05) is 25.7 Å². The summed E-state index contributed by atoms with van der Waals surface area (Å²) in [6.45, 7) is 9.68. The zero-order chi connectivity index (χ0) is 74.9. The first-order valence-electron chi connectivity index (χ1n) is 43.0. The van der Waals surface area contributed by atoms with Crippen LogP contribution in [0.2, 0.25) is 0 Å². The molecule has 102 heavy (non-hydrogen) atoms. The molecule has 0 rings (SSSR count). The van der Waals surface area contributed by atoms with Crippen LogP contribution in [0.5, 0.6) is 0 Å². The fourth-order valence-electron chi connectivity index (χ4n) is 12.9. The highest BCUT2D eigenvalue weighted by Gasteiger charge is 2.30. The van der Waals surface area contributed by atoms with Crippen LogP contribution >= 0.6 is 15.6 Å². The first-order chi connectivity index (χ1) is 49.4. The Morgan fingerprint density at radius 3 is 0.745 bits per heavy atom. The lowest BCUT2D eigenvalue weighted by Gasteiger charge is -2.21. The van der Waals surface area contributed by atoms with Crippen molar-refractivity contribution in [1.82, 2.24) is 0 Å². The second kappa shape index (κ2) is 74.5. The van der Waals surface area contributed by atoms with Crippen molar-refractivity contribution in [3.8, 4) is 0 Å². The molecule has 0 aromatic carbocycles. The zero-order valence-corrected chi connectivity index (χ0v) is 68.7. The van der Waals surface area contributed by atoms with E-state index in [9.17, 15) is 43.2 Å². The number of phosphoric acid groups is 2. The maximum absolute atomic E-state index is 13.1. The number of hydrogen-bond donors (Lipinski definition) is 3. The van der Waals surface area contributed by atoms with Gasteiger partial charge < -0.3 is 33.8 Å². The highest BCUT2D eigenvalue weighted by Crippen LogP contribution is 2.45. The average molecular weight is 1490 g/mol. The first-order valence-corrected chi connectivity index (χ1v) is 46.0. The Morgan fingerprint density at radius 2 is 0.500 bits per heavy atom. The number of unbranched alkanes of at least 4 members (excludes halogenated alkanes) is 51. The number of esters is 4. The monoisotopic (exact) mass is 1490 g/mol. The molecular weight excluding hydrogens is 1330 g/mol. The molecule has 0 radical (unpaired) electrons. The van der Waals surface area contributed by atoms with E-state index in [4.69, 9.17) is 37.0 Å². The van der Waals surface area contributed by atoms with Gasteiger partial charge in [0.15, 0.2) is 12.2 Å². The smallest absolute Gasteiger partial charge is 0.462 e. The van der Waals surface area contributed by atoms with Crippen LogP contribution in [-0.2, 0) is 65.4 Å². The van der Waals surface area contributed by atoms with Gasteiger partial charge in [-0.05, 0) is 37.5 Å². The molecule has 0 spiro atoms. The van der Waals surface area contributed by atoms with Gasteiger partial charge in [-0.25, -0.2) is 9.13 Å². The normalized spacial score (nSPS) is 14.1. The molecular formula is C83H162O17P2. The van der Waals surface area contributed by atoms with Crippen LogP contribution in [0.25, 0.3) is 0 Å². The third-order valence-electron chi connectivity index (χ3n) is 19.8. The van der Waals surface area contributed by atoms with Gasteiger partial charge in [0.25, 0.3) is 0 Å². The highest BCUT2D eigenvalue weighted by molar-refractivity contribution is 7.47. The summed E-state index contributed by atoms with van der Waals surface area (Å²) in [5.74, 6) is -0.529. The van der Waals surface area contributed by atoms with Crippen LogP contribution in [0.15, 0.2) is 0 Å². The number of aliphatic hydroxyl groups is 1. The van der Waals surface area contributed by atoms with E-state index in [2.05, 4.69) is 41.5 Å². The predicted octanol–water partition coefficient (Wildman–Crippen LogP) is 25.1. The number of hydrogen-bond acceptors (Lipinski definition) is 15. The molecule has 0 aliphatic carbocycles. The van der Waals surface area contributed by atoms with E-state index in [0.717, 1.165) is 102 Å². The Balaban J connectivity index is 5.25. The maximum atomic E-state index is 13.1. The van der Waals surface area contributed by atoms with Gasteiger partial charge in [-0.1, -0.05) is 388 Å². The van der Waals surface area contributed by atoms with Crippen molar-refractivity contribution in [3.05, 3.63) is 0 Å². The second-order valence-corrected chi connectivity index (χ2v) is 33.5. The molecule has 0 aromatic heterocycles. The van der Waals surface area contributed by atoms with E-state index in [0.29, 0.717) is 25.7 Å². The third kappa shape index (κ3) is 74.9. The van der Waals surface area contributed by atoms with Gasteiger partial charge in [-0.2, -0.15) is 0 Å². The average Bonchev–Trinajstić information content (AvgIpc) is 0.911.